The second kappa shape index (κ2) is 23.2. The molecule has 0 radical (unpaired) electrons. The number of rotatable bonds is 13. The van der Waals surface area contributed by atoms with Gasteiger partial charge in [-0.15, -0.1) is 11.8 Å². The van der Waals surface area contributed by atoms with E-state index < -0.39 is 146 Å². The number of para-hydroxylation sites is 1. The Morgan fingerprint density at radius 2 is 1.66 bits per heavy atom. The van der Waals surface area contributed by atoms with Crippen LogP contribution < -0.4 is 43.4 Å². The second-order valence-corrected chi connectivity index (χ2v) is 17.1. The summed E-state index contributed by atoms with van der Waals surface area (Å²) in [6.07, 6.45) is -3.54. The van der Waals surface area contributed by atoms with Crippen molar-refractivity contribution < 1.29 is 63.6 Å². The highest BCUT2D eigenvalue weighted by Gasteiger charge is 2.42. The fourth-order valence-corrected chi connectivity index (χ4v) is 8.39. The van der Waals surface area contributed by atoms with Crippen molar-refractivity contribution in [3.63, 3.8) is 0 Å². The third-order valence-corrected chi connectivity index (χ3v) is 12.4. The number of aliphatic hydroxyl groups excluding tert-OH is 3. The first-order chi connectivity index (χ1) is 30.2. The van der Waals surface area contributed by atoms with Crippen LogP contribution in [0, 0.1) is 11.8 Å². The molecular formula is C40H58N10O13S. The minimum absolute atomic E-state index is 0.0531. The Labute approximate surface area is 371 Å². The number of β-amino-alcohol motifs (C(OH)–C–C–N with tert-alkyl or cyclic N) is 1. The molecule has 4 rings (SSSR count). The number of fused-ring (bicyclic) bond motifs is 3. The SMILES string of the molecule is CC[C@H](C)[C@@H]1NC(=O)CNC(=O)[C@@H](NC(=O)[C@@H](N)[C@@H](C)[C@@H](O)CO)Cc2c([nH]c3ccccc23)SCC[C@@H](C(=O)N[C@@H](CC(N)=O)C(=O)N2C[C@H](O)C[C@H]2C(=O)O)NC(=O)CNC1=O. The van der Waals surface area contributed by atoms with E-state index in [2.05, 4.69) is 36.9 Å². The number of carboxylic acids is 1. The highest BCUT2D eigenvalue weighted by atomic mass is 32.2. The summed E-state index contributed by atoms with van der Waals surface area (Å²) in [5.41, 5.74) is 12.7. The number of H-pyrrole nitrogens is 1. The minimum Gasteiger partial charge on any atom is -0.480 e. The molecule has 64 heavy (non-hydrogen) atoms. The fourth-order valence-electron chi connectivity index (χ4n) is 7.28. The predicted molar refractivity (Wildman–Crippen MR) is 228 cm³/mol. The fraction of sp³-hybridized carbons (Fsp3) is 0.575. The van der Waals surface area contributed by atoms with Crippen molar-refractivity contribution in [3.05, 3.63) is 29.8 Å². The summed E-state index contributed by atoms with van der Waals surface area (Å²) in [4.78, 5) is 123. The molecule has 1 fully saturated rings. The van der Waals surface area contributed by atoms with Gasteiger partial charge in [-0.2, -0.15) is 0 Å². The Kier molecular flexibility index (Phi) is 18.4. The van der Waals surface area contributed by atoms with Crippen LogP contribution in [0.2, 0.25) is 0 Å². The van der Waals surface area contributed by atoms with Crippen molar-refractivity contribution in [1.29, 1.82) is 0 Å². The van der Waals surface area contributed by atoms with Gasteiger partial charge in [-0.05, 0) is 24.0 Å². The normalized spacial score (nSPS) is 24.1. The molecule has 1 aromatic carbocycles. The van der Waals surface area contributed by atoms with Crippen molar-refractivity contribution >= 4 is 75.9 Å². The summed E-state index contributed by atoms with van der Waals surface area (Å²) in [7, 11) is 0. The maximum atomic E-state index is 14.0. The zero-order chi connectivity index (χ0) is 47.4. The van der Waals surface area contributed by atoms with E-state index in [9.17, 15) is 63.6 Å². The average Bonchev–Trinajstić information content (AvgIpc) is 3.83. The van der Waals surface area contributed by atoms with Gasteiger partial charge in [0.1, 0.15) is 30.2 Å². The maximum Gasteiger partial charge on any atom is 0.326 e. The largest absolute Gasteiger partial charge is 0.480 e. The van der Waals surface area contributed by atoms with Gasteiger partial charge < -0.3 is 73.7 Å². The molecule has 0 bridgehead atoms. The quantitative estimate of drug-likeness (QED) is 0.0904. The summed E-state index contributed by atoms with van der Waals surface area (Å²) < 4.78 is 0. The zero-order valence-corrected chi connectivity index (χ0v) is 36.4. The summed E-state index contributed by atoms with van der Waals surface area (Å²) in [6.45, 7) is 2.50. The molecule has 0 spiro atoms. The van der Waals surface area contributed by atoms with E-state index in [0.717, 1.165) is 16.7 Å². The van der Waals surface area contributed by atoms with Crippen molar-refractivity contribution in [3.8, 4) is 0 Å². The summed E-state index contributed by atoms with van der Waals surface area (Å²) in [5, 5.41) is 55.7. The van der Waals surface area contributed by atoms with Crippen molar-refractivity contribution in [2.45, 2.75) is 106 Å². The Balaban J connectivity index is 1.72. The van der Waals surface area contributed by atoms with Crippen LogP contribution in [0.4, 0.5) is 0 Å². The molecule has 24 heteroatoms. The van der Waals surface area contributed by atoms with Gasteiger partial charge in [-0.1, -0.05) is 45.4 Å². The third-order valence-electron chi connectivity index (χ3n) is 11.3. The summed E-state index contributed by atoms with van der Waals surface area (Å²) in [5.74, 6) is -9.84. The molecule has 1 saturated heterocycles. The van der Waals surface area contributed by atoms with Gasteiger partial charge in [0.25, 0.3) is 0 Å². The Hall–Kier alpha value is -5.82. The number of aromatic amines is 1. The second-order valence-electron chi connectivity index (χ2n) is 16.0. The number of carbonyl (C=O) groups excluding carboxylic acids is 8. The zero-order valence-electron chi connectivity index (χ0n) is 35.6. The molecular weight excluding hydrogens is 861 g/mol. The van der Waals surface area contributed by atoms with E-state index in [1.807, 2.05) is 0 Å². The van der Waals surface area contributed by atoms with Crippen molar-refractivity contribution in [2.75, 3.05) is 32.0 Å². The molecule has 15 N–H and O–H groups in total. The number of aromatic nitrogens is 1. The number of amides is 8. The van der Waals surface area contributed by atoms with Gasteiger partial charge in [-0.3, -0.25) is 38.4 Å². The highest BCUT2D eigenvalue weighted by Crippen LogP contribution is 2.32. The van der Waals surface area contributed by atoms with Crippen LogP contribution in [-0.4, -0.2) is 164 Å². The topological polar surface area (TPSA) is 378 Å². The number of nitrogens with zero attached hydrogens (tertiary/aromatic N) is 1. The van der Waals surface area contributed by atoms with Crippen LogP contribution in [0.15, 0.2) is 29.3 Å². The minimum atomic E-state index is -1.69. The van der Waals surface area contributed by atoms with E-state index in [-0.39, 0.29) is 25.0 Å². The van der Waals surface area contributed by atoms with Gasteiger partial charge in [0.15, 0.2) is 0 Å². The molecule has 0 saturated carbocycles. The molecule has 2 aliphatic heterocycles. The number of nitrogens with one attached hydrogen (secondary N) is 7. The third kappa shape index (κ3) is 13.4. The number of aliphatic carboxylic acids is 1. The Morgan fingerprint density at radius 1 is 1.00 bits per heavy atom. The van der Waals surface area contributed by atoms with Gasteiger partial charge in [0.2, 0.25) is 47.3 Å². The van der Waals surface area contributed by atoms with Gasteiger partial charge in [-0.25, -0.2) is 4.79 Å². The molecule has 0 unspecified atom stereocenters. The highest BCUT2D eigenvalue weighted by molar-refractivity contribution is 7.99. The number of hydrogen-bond acceptors (Lipinski definition) is 14. The van der Waals surface area contributed by atoms with Crippen LogP contribution >= 0.6 is 11.8 Å². The van der Waals surface area contributed by atoms with Crippen LogP contribution in [0.1, 0.15) is 52.0 Å². The first kappa shape index (κ1) is 50.8. The lowest BCUT2D eigenvalue weighted by Crippen LogP contribution is -2.58. The molecule has 0 aliphatic carbocycles. The van der Waals surface area contributed by atoms with Crippen LogP contribution in [0.3, 0.4) is 0 Å². The van der Waals surface area contributed by atoms with Crippen LogP contribution in [0.25, 0.3) is 10.9 Å². The predicted octanol–water partition coefficient (Wildman–Crippen LogP) is -4.34. The first-order valence-corrected chi connectivity index (χ1v) is 21.8. The number of thioether (sulfide) groups is 1. The number of benzene rings is 1. The number of hydrogen-bond donors (Lipinski definition) is 13. The first-order valence-electron chi connectivity index (χ1n) is 20.8. The summed E-state index contributed by atoms with van der Waals surface area (Å²) in [6, 6.07) is -1.53. The summed E-state index contributed by atoms with van der Waals surface area (Å²) >= 11 is 1.16. The lowest BCUT2D eigenvalue weighted by Gasteiger charge is -2.28. The Morgan fingerprint density at radius 3 is 2.30 bits per heavy atom. The molecule has 8 amide bonds. The van der Waals surface area contributed by atoms with E-state index in [1.54, 1.807) is 38.1 Å². The van der Waals surface area contributed by atoms with Crippen LogP contribution in [-0.2, 0) is 49.6 Å². The lowest BCUT2D eigenvalue weighted by atomic mass is 9.95. The number of primary amides is 1. The van der Waals surface area contributed by atoms with Crippen molar-refractivity contribution in [1.82, 2.24) is 41.8 Å². The number of carbonyl (C=O) groups is 9. The van der Waals surface area contributed by atoms with Gasteiger partial charge in [0, 0.05) is 42.0 Å². The molecule has 23 nitrogen and oxygen atoms in total. The number of likely N-dealkylation sites (tertiary alicyclic amines) is 1. The van der Waals surface area contributed by atoms with Gasteiger partial charge in [0.05, 0.1) is 49.4 Å². The standard InChI is InChI=1S/C40H58N10O13S/c1-4-18(2)33-37(60)44-14-30(55)45-24(35(58)47-26(13-29(41)54)39(61)50-16-20(52)11-27(50)40(62)63)9-10-64-38-22(21-7-5-6-8-23(21)48-38)12-25(34(57)43-15-31(56)49-33)46-36(59)32(42)19(3)28(53)17-51/h5-8,18-20,24-28,32-33,48,51-53H,4,9-17,42H2,1-3H3,(H2,41,54)(H,43,57)(H,44,60)(H,45,55)(H,46,59)(H,47,58)(H,49,56)(H,62,63)/t18-,19-,20+,24-,25-,26-,27-,28-,32-,33-/m0/s1. The molecule has 1 aromatic heterocycles. The molecule has 2 aliphatic rings. The maximum absolute atomic E-state index is 14.0. The van der Waals surface area contributed by atoms with Crippen molar-refractivity contribution in [2.24, 2.45) is 23.3 Å². The Bertz CT molecular complexity index is 2070. The number of nitrogens with two attached hydrogens (primary N) is 2. The van der Waals surface area contributed by atoms with Crippen LogP contribution in [0.5, 0.6) is 0 Å². The number of carboxylic acid groups (broad SMARTS) is 1. The van der Waals surface area contributed by atoms with E-state index in [0.29, 0.717) is 27.9 Å². The van der Waals surface area contributed by atoms with Gasteiger partial charge >= 0.3 is 5.97 Å². The number of aliphatic hydroxyl groups is 3. The molecule has 3 heterocycles. The lowest BCUT2D eigenvalue weighted by molar-refractivity contribution is -0.149. The van der Waals surface area contributed by atoms with E-state index in [4.69, 9.17) is 11.5 Å². The average molecular weight is 919 g/mol. The molecule has 2 aromatic rings. The smallest absolute Gasteiger partial charge is 0.326 e. The van der Waals surface area contributed by atoms with E-state index in [1.165, 1.54) is 6.92 Å². The monoisotopic (exact) mass is 918 g/mol. The molecule has 10 atom stereocenters. The molecule has 352 valence electrons. The van der Waals surface area contributed by atoms with E-state index >= 15 is 0 Å².